The molecule has 0 spiro atoms. The van der Waals surface area contributed by atoms with Gasteiger partial charge in [0.1, 0.15) is 0 Å². The molecule has 110 valence electrons. The summed E-state index contributed by atoms with van der Waals surface area (Å²) in [5.74, 6) is -0.158. The maximum Gasteiger partial charge on any atom is 0.319 e. The molecule has 0 saturated heterocycles. The number of rotatable bonds is 6. The fourth-order valence-electron chi connectivity index (χ4n) is 1.90. The van der Waals surface area contributed by atoms with E-state index >= 15 is 0 Å². The second-order valence-corrected chi connectivity index (χ2v) is 4.65. The van der Waals surface area contributed by atoms with E-state index in [1.54, 1.807) is 25.2 Å². The van der Waals surface area contributed by atoms with Crippen LogP contribution < -0.4 is 16.0 Å². The molecule has 0 aliphatic heterocycles. The van der Waals surface area contributed by atoms with Crippen LogP contribution in [0.5, 0.6) is 0 Å². The normalized spacial score (nSPS) is 9.95. The predicted octanol–water partition coefficient (Wildman–Crippen LogP) is 2.67. The van der Waals surface area contributed by atoms with E-state index in [0.29, 0.717) is 17.8 Å². The molecule has 20 heavy (non-hydrogen) atoms. The van der Waals surface area contributed by atoms with Gasteiger partial charge in [0.25, 0.3) is 5.91 Å². The maximum absolute atomic E-state index is 11.8. The highest BCUT2D eigenvalue weighted by Gasteiger charge is 2.11. The first-order valence-electron chi connectivity index (χ1n) is 6.96. The second-order valence-electron chi connectivity index (χ2n) is 4.65. The molecule has 0 fully saturated rings. The number of urea groups is 1. The Labute approximate surface area is 120 Å². The van der Waals surface area contributed by atoms with Crippen molar-refractivity contribution in [3.8, 4) is 0 Å². The second kappa shape index (κ2) is 8.19. The fourth-order valence-corrected chi connectivity index (χ4v) is 1.90. The Morgan fingerprint density at radius 1 is 1.20 bits per heavy atom. The zero-order valence-corrected chi connectivity index (χ0v) is 12.4. The van der Waals surface area contributed by atoms with E-state index in [2.05, 4.69) is 22.9 Å². The molecular weight excluding hydrogens is 254 g/mol. The first kappa shape index (κ1) is 16.0. The third-order valence-corrected chi connectivity index (χ3v) is 3.12. The Bertz CT molecular complexity index is 472. The molecule has 0 atom stereocenters. The molecule has 0 saturated carbocycles. The molecule has 3 amide bonds. The summed E-state index contributed by atoms with van der Waals surface area (Å²) >= 11 is 0. The van der Waals surface area contributed by atoms with Gasteiger partial charge < -0.3 is 16.0 Å². The van der Waals surface area contributed by atoms with E-state index in [4.69, 9.17) is 0 Å². The lowest BCUT2D eigenvalue weighted by Gasteiger charge is -2.12. The highest BCUT2D eigenvalue weighted by atomic mass is 16.2. The largest absolute Gasteiger partial charge is 0.355 e. The molecule has 0 unspecified atom stereocenters. The van der Waals surface area contributed by atoms with E-state index in [9.17, 15) is 9.59 Å². The number of unbranched alkanes of at least 4 members (excludes halogenated alkanes) is 2. The number of carbonyl (C=O) groups excluding carboxylic acids is 2. The van der Waals surface area contributed by atoms with Crippen LogP contribution in [-0.2, 0) is 0 Å². The molecule has 3 N–H and O–H groups in total. The van der Waals surface area contributed by atoms with E-state index < -0.39 is 0 Å². The SMILES string of the molecule is CCCCCNC(=O)Nc1cccc(C(=O)NC)c1C. The Kier molecular flexibility index (Phi) is 6.56. The van der Waals surface area contributed by atoms with E-state index in [0.717, 1.165) is 24.8 Å². The number of hydrogen-bond acceptors (Lipinski definition) is 2. The molecule has 1 rings (SSSR count). The summed E-state index contributed by atoms with van der Waals surface area (Å²) < 4.78 is 0. The number of nitrogens with one attached hydrogen (secondary N) is 3. The lowest BCUT2D eigenvalue weighted by Crippen LogP contribution is -2.30. The van der Waals surface area contributed by atoms with Gasteiger partial charge in [0.2, 0.25) is 0 Å². The van der Waals surface area contributed by atoms with Crippen LogP contribution in [0.1, 0.15) is 42.1 Å². The summed E-state index contributed by atoms with van der Waals surface area (Å²) in [6.07, 6.45) is 3.20. The molecule has 0 aliphatic carbocycles. The van der Waals surface area contributed by atoms with Crippen molar-refractivity contribution in [2.45, 2.75) is 33.1 Å². The van der Waals surface area contributed by atoms with Crippen molar-refractivity contribution in [2.24, 2.45) is 0 Å². The van der Waals surface area contributed by atoms with Crippen LogP contribution in [0.25, 0.3) is 0 Å². The number of hydrogen-bond donors (Lipinski definition) is 3. The third-order valence-electron chi connectivity index (χ3n) is 3.12. The highest BCUT2D eigenvalue weighted by molar-refractivity contribution is 5.98. The quantitative estimate of drug-likeness (QED) is 0.700. The van der Waals surface area contributed by atoms with Gasteiger partial charge in [-0.05, 0) is 31.0 Å². The van der Waals surface area contributed by atoms with E-state index in [-0.39, 0.29) is 11.9 Å². The topological polar surface area (TPSA) is 70.2 Å². The Hall–Kier alpha value is -2.04. The van der Waals surface area contributed by atoms with E-state index in [1.165, 1.54) is 0 Å². The lowest BCUT2D eigenvalue weighted by atomic mass is 10.1. The van der Waals surface area contributed by atoms with Gasteiger partial charge in [-0.3, -0.25) is 4.79 Å². The van der Waals surface area contributed by atoms with Gasteiger partial charge >= 0.3 is 6.03 Å². The summed E-state index contributed by atoms with van der Waals surface area (Å²) in [6, 6.07) is 5.04. The Balaban J connectivity index is 2.64. The third kappa shape index (κ3) is 4.57. The zero-order chi connectivity index (χ0) is 15.0. The molecule has 5 heteroatoms. The molecule has 1 aromatic carbocycles. The Morgan fingerprint density at radius 3 is 2.60 bits per heavy atom. The first-order valence-corrected chi connectivity index (χ1v) is 6.96. The van der Waals surface area contributed by atoms with Gasteiger partial charge in [0, 0.05) is 24.8 Å². The number of amides is 3. The number of carbonyl (C=O) groups is 2. The van der Waals surface area contributed by atoms with Gasteiger partial charge in [-0.1, -0.05) is 25.8 Å². The van der Waals surface area contributed by atoms with Crippen LogP contribution in [0.4, 0.5) is 10.5 Å². The smallest absolute Gasteiger partial charge is 0.319 e. The number of benzene rings is 1. The minimum Gasteiger partial charge on any atom is -0.355 e. The van der Waals surface area contributed by atoms with Gasteiger partial charge in [0.05, 0.1) is 0 Å². The van der Waals surface area contributed by atoms with Gasteiger partial charge in [-0.15, -0.1) is 0 Å². The van der Waals surface area contributed by atoms with Crippen LogP contribution >= 0.6 is 0 Å². The lowest BCUT2D eigenvalue weighted by molar-refractivity contribution is 0.0962. The van der Waals surface area contributed by atoms with Gasteiger partial charge in [0.15, 0.2) is 0 Å². The molecule has 0 aromatic heterocycles. The maximum atomic E-state index is 11.8. The molecular formula is C15H23N3O2. The van der Waals surface area contributed by atoms with Crippen molar-refractivity contribution in [1.29, 1.82) is 0 Å². The molecule has 0 aliphatic rings. The van der Waals surface area contributed by atoms with Gasteiger partial charge in [-0.25, -0.2) is 4.79 Å². The van der Waals surface area contributed by atoms with Crippen molar-refractivity contribution in [3.05, 3.63) is 29.3 Å². The summed E-state index contributed by atoms with van der Waals surface area (Å²) in [4.78, 5) is 23.4. The van der Waals surface area contributed by atoms with Crippen LogP contribution in [-0.4, -0.2) is 25.5 Å². The summed E-state index contributed by atoms with van der Waals surface area (Å²) in [5.41, 5.74) is 1.98. The van der Waals surface area contributed by atoms with Crippen molar-refractivity contribution < 1.29 is 9.59 Å². The van der Waals surface area contributed by atoms with Crippen molar-refractivity contribution in [2.75, 3.05) is 18.9 Å². The Morgan fingerprint density at radius 2 is 1.95 bits per heavy atom. The van der Waals surface area contributed by atoms with Crippen LogP contribution in [0, 0.1) is 6.92 Å². The standard InChI is InChI=1S/C15H23N3O2/c1-4-5-6-10-17-15(20)18-13-9-7-8-12(11(13)2)14(19)16-3/h7-9H,4-6,10H2,1-3H3,(H,16,19)(H2,17,18,20). The average molecular weight is 277 g/mol. The van der Waals surface area contributed by atoms with Crippen LogP contribution in [0.2, 0.25) is 0 Å². The predicted molar refractivity (Wildman–Crippen MR) is 81.1 cm³/mol. The molecule has 0 bridgehead atoms. The summed E-state index contributed by atoms with van der Waals surface area (Å²) in [7, 11) is 1.59. The fraction of sp³-hybridized carbons (Fsp3) is 0.467. The average Bonchev–Trinajstić information content (AvgIpc) is 2.45. The molecule has 0 heterocycles. The molecule has 5 nitrogen and oxygen atoms in total. The number of anilines is 1. The monoisotopic (exact) mass is 277 g/mol. The van der Waals surface area contributed by atoms with Gasteiger partial charge in [-0.2, -0.15) is 0 Å². The summed E-state index contributed by atoms with van der Waals surface area (Å²) in [6.45, 7) is 4.60. The minimum absolute atomic E-state index is 0.158. The zero-order valence-electron chi connectivity index (χ0n) is 12.4. The van der Waals surface area contributed by atoms with Crippen molar-refractivity contribution >= 4 is 17.6 Å². The van der Waals surface area contributed by atoms with Crippen LogP contribution in [0.3, 0.4) is 0 Å². The van der Waals surface area contributed by atoms with Crippen molar-refractivity contribution in [3.63, 3.8) is 0 Å². The highest BCUT2D eigenvalue weighted by Crippen LogP contribution is 2.18. The van der Waals surface area contributed by atoms with Crippen LogP contribution in [0.15, 0.2) is 18.2 Å². The van der Waals surface area contributed by atoms with Crippen molar-refractivity contribution in [1.82, 2.24) is 10.6 Å². The molecule has 0 radical (unpaired) electrons. The summed E-state index contributed by atoms with van der Waals surface area (Å²) in [5, 5.41) is 8.17. The van der Waals surface area contributed by atoms with E-state index in [1.807, 2.05) is 6.92 Å². The first-order chi connectivity index (χ1) is 9.60. The minimum atomic E-state index is -0.238. The molecule has 1 aromatic rings.